The topological polar surface area (TPSA) is 83.5 Å². The van der Waals surface area contributed by atoms with E-state index >= 15 is 0 Å². The van der Waals surface area contributed by atoms with Crippen LogP contribution in [0.4, 0.5) is 4.79 Å². The Hall–Kier alpha value is -3.26. The minimum Gasteiger partial charge on any atom is -0.493 e. The fourth-order valence-electron chi connectivity index (χ4n) is 3.80. The molecule has 1 fully saturated rings. The average molecular weight is 486 g/mol. The van der Waals surface area contributed by atoms with E-state index in [1.54, 1.807) is 30.0 Å². The third-order valence-corrected chi connectivity index (χ3v) is 5.44. The molecular formula is C27H35NO7. The van der Waals surface area contributed by atoms with Crippen molar-refractivity contribution >= 4 is 12.1 Å². The van der Waals surface area contributed by atoms with Crippen molar-refractivity contribution in [3.05, 3.63) is 59.7 Å². The molecule has 0 aromatic heterocycles. The zero-order valence-corrected chi connectivity index (χ0v) is 21.1. The Labute approximate surface area is 207 Å². The molecule has 1 aliphatic rings. The Kier molecular flexibility index (Phi) is 8.98. The van der Waals surface area contributed by atoms with Crippen LogP contribution in [0.2, 0.25) is 0 Å². The van der Waals surface area contributed by atoms with Crippen molar-refractivity contribution in [3.8, 4) is 11.5 Å². The fraction of sp³-hybridized carbons (Fsp3) is 0.481. The lowest BCUT2D eigenvalue weighted by atomic mass is 10.2. The maximum Gasteiger partial charge on any atom is 0.410 e. The van der Waals surface area contributed by atoms with Crippen LogP contribution in [-0.2, 0) is 20.8 Å². The summed E-state index contributed by atoms with van der Waals surface area (Å²) in [7, 11) is 1.51. The third-order valence-electron chi connectivity index (χ3n) is 5.44. The van der Waals surface area contributed by atoms with E-state index in [1.165, 1.54) is 7.11 Å². The van der Waals surface area contributed by atoms with Gasteiger partial charge in [0, 0.05) is 0 Å². The Morgan fingerprint density at radius 3 is 2.46 bits per heavy atom. The van der Waals surface area contributed by atoms with Crippen LogP contribution >= 0.6 is 0 Å². The molecule has 1 amide bonds. The number of ether oxygens (including phenoxy) is 5. The molecule has 0 aliphatic carbocycles. The van der Waals surface area contributed by atoms with Crippen LogP contribution in [-0.4, -0.2) is 61.6 Å². The average Bonchev–Trinajstić information content (AvgIpc) is 3.24. The lowest BCUT2D eigenvalue weighted by molar-refractivity contribution is 0.0127. The van der Waals surface area contributed by atoms with E-state index in [1.807, 2.05) is 51.1 Å². The van der Waals surface area contributed by atoms with Crippen molar-refractivity contribution in [3.63, 3.8) is 0 Å². The van der Waals surface area contributed by atoms with Crippen molar-refractivity contribution in [2.24, 2.45) is 0 Å². The first-order valence-corrected chi connectivity index (χ1v) is 11.8. The predicted octanol–water partition coefficient (Wildman–Crippen LogP) is 4.85. The molecule has 0 bridgehead atoms. The van der Waals surface area contributed by atoms with Crippen LogP contribution in [0.1, 0.15) is 50.0 Å². The summed E-state index contributed by atoms with van der Waals surface area (Å²) in [5, 5.41) is 0. The normalized spacial score (nSPS) is 17.7. The lowest BCUT2D eigenvalue weighted by Crippen LogP contribution is -2.42. The first-order valence-electron chi connectivity index (χ1n) is 11.8. The summed E-state index contributed by atoms with van der Waals surface area (Å²) in [6.07, 6.45) is 0.0564. The molecule has 0 N–H and O–H groups in total. The minimum absolute atomic E-state index is 0.149. The van der Waals surface area contributed by atoms with Crippen LogP contribution in [0.15, 0.2) is 48.5 Å². The Bertz CT molecular complexity index is 987. The molecule has 190 valence electrons. The molecule has 35 heavy (non-hydrogen) atoms. The number of amides is 1. The third kappa shape index (κ3) is 7.62. The molecule has 2 atom stereocenters. The molecule has 1 heterocycles. The fourth-order valence-corrected chi connectivity index (χ4v) is 3.80. The summed E-state index contributed by atoms with van der Waals surface area (Å²) < 4.78 is 28.2. The van der Waals surface area contributed by atoms with Crippen LogP contribution in [0, 0.1) is 0 Å². The van der Waals surface area contributed by atoms with E-state index in [9.17, 15) is 9.59 Å². The number of carbonyl (C=O) groups is 2. The first kappa shape index (κ1) is 26.3. The zero-order valence-electron chi connectivity index (χ0n) is 21.1. The molecule has 1 saturated heterocycles. The van der Waals surface area contributed by atoms with Crippen molar-refractivity contribution in [1.29, 1.82) is 0 Å². The minimum atomic E-state index is -0.613. The van der Waals surface area contributed by atoms with E-state index in [-0.39, 0.29) is 25.4 Å². The summed E-state index contributed by atoms with van der Waals surface area (Å²) in [6, 6.07) is 14.5. The van der Waals surface area contributed by atoms with Crippen LogP contribution in [0.3, 0.4) is 0 Å². The van der Waals surface area contributed by atoms with Gasteiger partial charge in [-0.3, -0.25) is 4.90 Å². The van der Waals surface area contributed by atoms with E-state index < -0.39 is 17.7 Å². The highest BCUT2D eigenvalue weighted by Gasteiger charge is 2.38. The van der Waals surface area contributed by atoms with Gasteiger partial charge in [-0.15, -0.1) is 0 Å². The zero-order chi connectivity index (χ0) is 25.4. The second-order valence-electron chi connectivity index (χ2n) is 9.34. The number of esters is 1. The highest BCUT2D eigenvalue weighted by atomic mass is 16.6. The summed E-state index contributed by atoms with van der Waals surface area (Å²) in [4.78, 5) is 26.6. The van der Waals surface area contributed by atoms with Gasteiger partial charge in [-0.05, 0) is 57.9 Å². The molecule has 2 aromatic carbocycles. The maximum absolute atomic E-state index is 12.9. The highest BCUT2D eigenvalue weighted by molar-refractivity contribution is 5.90. The number of nitrogens with zero attached hydrogens (tertiary/aromatic N) is 1. The SMILES string of the molecule is CCOC(=O)c1ccc(OCC2CC(OCc3ccccc3)CN2C(=O)OC(C)(C)C)c(OC)c1. The summed E-state index contributed by atoms with van der Waals surface area (Å²) in [5.41, 5.74) is 0.835. The molecule has 8 heteroatoms. The van der Waals surface area contributed by atoms with E-state index in [4.69, 9.17) is 23.7 Å². The second-order valence-corrected chi connectivity index (χ2v) is 9.34. The monoisotopic (exact) mass is 485 g/mol. The molecule has 1 aliphatic heterocycles. The molecule has 0 saturated carbocycles. The number of carbonyl (C=O) groups excluding carboxylic acids is 2. The lowest BCUT2D eigenvalue weighted by Gasteiger charge is -2.28. The van der Waals surface area contributed by atoms with Crippen LogP contribution in [0.25, 0.3) is 0 Å². The van der Waals surface area contributed by atoms with Gasteiger partial charge in [0.15, 0.2) is 11.5 Å². The standard InChI is InChI=1S/C27H35NO7/c1-6-32-25(29)20-12-13-23(24(14-20)31-5)34-18-21-15-22(33-17-19-10-8-7-9-11-19)16-28(21)26(30)35-27(2,3)4/h7-14,21-22H,6,15-18H2,1-5H3. The van der Waals surface area contributed by atoms with Gasteiger partial charge in [0.2, 0.25) is 0 Å². The van der Waals surface area contributed by atoms with Crippen molar-refractivity contribution in [2.45, 2.75) is 58.5 Å². The van der Waals surface area contributed by atoms with E-state index in [0.29, 0.717) is 36.6 Å². The molecule has 3 rings (SSSR count). The Morgan fingerprint density at radius 2 is 1.80 bits per heavy atom. The molecule has 8 nitrogen and oxygen atoms in total. The van der Waals surface area contributed by atoms with Crippen molar-refractivity contribution < 1.29 is 33.3 Å². The molecule has 2 unspecified atom stereocenters. The molecule has 2 aromatic rings. The van der Waals surface area contributed by atoms with Gasteiger partial charge in [-0.25, -0.2) is 9.59 Å². The number of likely N-dealkylation sites (tertiary alicyclic amines) is 1. The smallest absolute Gasteiger partial charge is 0.410 e. The quantitative estimate of drug-likeness (QED) is 0.470. The van der Waals surface area contributed by atoms with E-state index in [2.05, 4.69) is 0 Å². The van der Waals surface area contributed by atoms with Gasteiger partial charge in [0.05, 0.1) is 44.6 Å². The van der Waals surface area contributed by atoms with Gasteiger partial charge in [-0.2, -0.15) is 0 Å². The van der Waals surface area contributed by atoms with Crippen molar-refractivity contribution in [2.75, 3.05) is 26.9 Å². The van der Waals surface area contributed by atoms with Crippen LogP contribution < -0.4 is 9.47 Å². The van der Waals surface area contributed by atoms with Gasteiger partial charge in [-0.1, -0.05) is 30.3 Å². The Balaban J connectivity index is 1.69. The first-order chi connectivity index (χ1) is 16.7. The van der Waals surface area contributed by atoms with Crippen LogP contribution in [0.5, 0.6) is 11.5 Å². The summed E-state index contributed by atoms with van der Waals surface area (Å²) in [5.74, 6) is 0.454. The second kappa shape index (κ2) is 11.9. The number of hydrogen-bond donors (Lipinski definition) is 0. The number of rotatable bonds is 9. The molecular weight excluding hydrogens is 450 g/mol. The Morgan fingerprint density at radius 1 is 1.06 bits per heavy atom. The summed E-state index contributed by atoms with van der Waals surface area (Å²) >= 11 is 0. The van der Waals surface area contributed by atoms with Gasteiger partial charge in [0.25, 0.3) is 0 Å². The molecule has 0 spiro atoms. The van der Waals surface area contributed by atoms with Gasteiger partial charge < -0.3 is 23.7 Å². The van der Waals surface area contributed by atoms with Crippen molar-refractivity contribution in [1.82, 2.24) is 4.90 Å². The van der Waals surface area contributed by atoms with Gasteiger partial charge in [0.1, 0.15) is 12.2 Å². The number of benzene rings is 2. The highest BCUT2D eigenvalue weighted by Crippen LogP contribution is 2.30. The number of methoxy groups -OCH3 is 1. The van der Waals surface area contributed by atoms with Gasteiger partial charge >= 0.3 is 12.1 Å². The number of hydrogen-bond acceptors (Lipinski definition) is 7. The summed E-state index contributed by atoms with van der Waals surface area (Å²) in [6.45, 7) is 8.65. The molecule has 0 radical (unpaired) electrons. The van der Waals surface area contributed by atoms with E-state index in [0.717, 1.165) is 5.56 Å². The maximum atomic E-state index is 12.9. The largest absolute Gasteiger partial charge is 0.493 e. The predicted molar refractivity (Wildman–Crippen MR) is 131 cm³/mol.